The molecule has 30 heavy (non-hydrogen) atoms. The van der Waals surface area contributed by atoms with Crippen LogP contribution in [0.5, 0.6) is 11.5 Å². The molecule has 0 aliphatic carbocycles. The third-order valence-electron chi connectivity index (χ3n) is 6.05. The minimum Gasteiger partial charge on any atom is -0.486 e. The average Bonchev–Trinajstić information content (AvgIpc) is 2.72. The Morgan fingerprint density at radius 1 is 1.17 bits per heavy atom. The molecule has 4 rings (SSSR count). The van der Waals surface area contributed by atoms with E-state index in [4.69, 9.17) is 32.7 Å². The van der Waals surface area contributed by atoms with Crippen LogP contribution in [0.25, 0.3) is 0 Å². The van der Waals surface area contributed by atoms with Crippen molar-refractivity contribution in [2.24, 2.45) is 0 Å². The van der Waals surface area contributed by atoms with Crippen molar-refractivity contribution < 1.29 is 19.1 Å². The molecule has 2 aromatic rings. The number of benzene rings is 2. The summed E-state index contributed by atoms with van der Waals surface area (Å²) in [6.07, 6.45) is 1.56. The van der Waals surface area contributed by atoms with Gasteiger partial charge in [0, 0.05) is 37.0 Å². The largest absolute Gasteiger partial charge is 0.486 e. The van der Waals surface area contributed by atoms with E-state index in [1.165, 1.54) is 0 Å². The molecule has 2 aliphatic rings. The van der Waals surface area contributed by atoms with Crippen LogP contribution in [0.2, 0.25) is 10.0 Å². The zero-order valence-corrected chi connectivity index (χ0v) is 18.5. The van der Waals surface area contributed by atoms with Gasteiger partial charge in [0.1, 0.15) is 17.1 Å². The lowest BCUT2D eigenvalue weighted by Crippen LogP contribution is -2.53. The molecule has 7 heteroatoms. The Labute approximate surface area is 185 Å². The van der Waals surface area contributed by atoms with Crippen LogP contribution in [0.4, 0.5) is 0 Å². The summed E-state index contributed by atoms with van der Waals surface area (Å²) in [7, 11) is 0. The summed E-state index contributed by atoms with van der Waals surface area (Å²) in [6.45, 7) is 4.90. The minimum atomic E-state index is -0.545. The van der Waals surface area contributed by atoms with Crippen molar-refractivity contribution in [3.05, 3.63) is 57.1 Å². The first kappa shape index (κ1) is 21.0. The van der Waals surface area contributed by atoms with Gasteiger partial charge in [0.05, 0.1) is 17.0 Å². The smallest absolute Gasteiger partial charge is 0.260 e. The molecule has 0 aromatic heterocycles. The third-order valence-corrected chi connectivity index (χ3v) is 6.60. The van der Waals surface area contributed by atoms with Gasteiger partial charge in [0.2, 0.25) is 0 Å². The lowest BCUT2D eigenvalue weighted by atomic mass is 9.81. The molecule has 0 atom stereocenters. The highest BCUT2D eigenvalue weighted by Gasteiger charge is 2.44. The van der Waals surface area contributed by atoms with E-state index in [1.807, 2.05) is 26.0 Å². The highest BCUT2D eigenvalue weighted by atomic mass is 35.5. The molecule has 0 unspecified atom stereocenters. The number of Topliss-reactive ketones (excluding diaryl/α,β-unsaturated/α-hetero) is 1. The SMILES string of the molecule is Cc1ccc2c(c1C)OC1(CCN(C(=O)COc3cc(Cl)ccc3Cl)CC1)CC2=O. The average molecular weight is 448 g/mol. The number of ketones is 1. The highest BCUT2D eigenvalue weighted by molar-refractivity contribution is 6.34. The van der Waals surface area contributed by atoms with Crippen LogP contribution in [-0.4, -0.2) is 41.9 Å². The summed E-state index contributed by atoms with van der Waals surface area (Å²) in [4.78, 5) is 27.1. The number of hydrogen-bond donors (Lipinski definition) is 0. The van der Waals surface area contributed by atoms with E-state index in [1.54, 1.807) is 23.1 Å². The van der Waals surface area contributed by atoms with Crippen LogP contribution < -0.4 is 9.47 Å². The van der Waals surface area contributed by atoms with Gasteiger partial charge in [-0.3, -0.25) is 9.59 Å². The number of amides is 1. The molecule has 1 fully saturated rings. The second-order valence-corrected chi connectivity index (χ2v) is 8.86. The number of carbonyl (C=O) groups excluding carboxylic acids is 2. The Morgan fingerprint density at radius 2 is 1.90 bits per heavy atom. The molecule has 2 heterocycles. The Kier molecular flexibility index (Phi) is 5.69. The lowest BCUT2D eigenvalue weighted by molar-refractivity contribution is -0.136. The molecule has 1 amide bonds. The number of rotatable bonds is 3. The van der Waals surface area contributed by atoms with E-state index in [2.05, 4.69) is 0 Å². The minimum absolute atomic E-state index is 0.109. The van der Waals surface area contributed by atoms with Crippen molar-refractivity contribution in [1.29, 1.82) is 0 Å². The van der Waals surface area contributed by atoms with Gasteiger partial charge in [0.25, 0.3) is 5.91 Å². The van der Waals surface area contributed by atoms with E-state index in [9.17, 15) is 9.59 Å². The van der Waals surface area contributed by atoms with Crippen LogP contribution in [0, 0.1) is 13.8 Å². The van der Waals surface area contributed by atoms with E-state index in [-0.39, 0.29) is 18.3 Å². The molecule has 1 spiro atoms. The summed E-state index contributed by atoms with van der Waals surface area (Å²) in [6, 6.07) is 8.69. The maximum Gasteiger partial charge on any atom is 0.260 e. The van der Waals surface area contributed by atoms with Crippen molar-refractivity contribution in [1.82, 2.24) is 4.90 Å². The topological polar surface area (TPSA) is 55.8 Å². The summed E-state index contributed by atoms with van der Waals surface area (Å²) < 4.78 is 12.0. The number of ether oxygens (including phenoxy) is 2. The predicted octanol–water partition coefficient (Wildman–Crippen LogP) is 5.02. The number of likely N-dealkylation sites (tertiary alicyclic amines) is 1. The summed E-state index contributed by atoms with van der Waals surface area (Å²) in [5.41, 5.74) is 2.22. The second-order valence-electron chi connectivity index (χ2n) is 8.01. The molecule has 5 nitrogen and oxygen atoms in total. The van der Waals surface area contributed by atoms with Crippen molar-refractivity contribution in [3.63, 3.8) is 0 Å². The molecule has 0 radical (unpaired) electrons. The van der Waals surface area contributed by atoms with Gasteiger partial charge >= 0.3 is 0 Å². The Balaban J connectivity index is 1.40. The molecular weight excluding hydrogens is 425 g/mol. The molecule has 1 saturated heterocycles. The normalized spacial score (nSPS) is 17.5. The number of piperidine rings is 1. The molecule has 2 aromatic carbocycles. The molecule has 158 valence electrons. The summed E-state index contributed by atoms with van der Waals surface area (Å²) in [5, 5.41) is 0.898. The quantitative estimate of drug-likeness (QED) is 0.662. The molecular formula is C23H23Cl2NO4. The van der Waals surface area contributed by atoms with E-state index in [0.29, 0.717) is 59.5 Å². The standard InChI is InChI=1S/C23H23Cl2NO4/c1-14-3-5-17-19(27)12-23(30-22(17)15(14)2)7-9-26(10-8-23)21(28)13-29-20-11-16(24)4-6-18(20)25/h3-6,11H,7-10,12-13H2,1-2H3. The number of nitrogens with zero attached hydrogens (tertiary/aromatic N) is 1. The third kappa shape index (κ3) is 4.01. The van der Waals surface area contributed by atoms with E-state index < -0.39 is 5.60 Å². The molecule has 0 bridgehead atoms. The van der Waals surface area contributed by atoms with Gasteiger partial charge in [-0.15, -0.1) is 0 Å². The molecule has 0 saturated carbocycles. The summed E-state index contributed by atoms with van der Waals surface area (Å²) in [5.74, 6) is 1.06. The summed E-state index contributed by atoms with van der Waals surface area (Å²) >= 11 is 12.0. The fourth-order valence-electron chi connectivity index (χ4n) is 4.04. The van der Waals surface area contributed by atoms with Crippen molar-refractivity contribution in [3.8, 4) is 11.5 Å². The number of fused-ring (bicyclic) bond motifs is 1. The molecule has 2 aliphatic heterocycles. The van der Waals surface area contributed by atoms with Gasteiger partial charge in [0.15, 0.2) is 12.4 Å². The second kappa shape index (κ2) is 8.12. The predicted molar refractivity (Wildman–Crippen MR) is 116 cm³/mol. The number of aryl methyl sites for hydroxylation is 1. The maximum atomic E-state index is 12.8. The van der Waals surface area contributed by atoms with Crippen LogP contribution in [0.1, 0.15) is 40.7 Å². The number of hydrogen-bond acceptors (Lipinski definition) is 4. The van der Waals surface area contributed by atoms with Crippen LogP contribution in [0.15, 0.2) is 30.3 Å². The fourth-order valence-corrected chi connectivity index (χ4v) is 4.38. The van der Waals surface area contributed by atoms with Crippen molar-refractivity contribution in [2.75, 3.05) is 19.7 Å². The Bertz CT molecular complexity index is 1010. The zero-order chi connectivity index (χ0) is 21.5. The van der Waals surface area contributed by atoms with Crippen LogP contribution in [0.3, 0.4) is 0 Å². The Hall–Kier alpha value is -2.24. The first-order chi connectivity index (χ1) is 14.3. The monoisotopic (exact) mass is 447 g/mol. The van der Waals surface area contributed by atoms with Crippen molar-refractivity contribution >= 4 is 34.9 Å². The van der Waals surface area contributed by atoms with Crippen LogP contribution in [-0.2, 0) is 4.79 Å². The first-order valence-electron chi connectivity index (χ1n) is 9.96. The van der Waals surface area contributed by atoms with E-state index >= 15 is 0 Å². The van der Waals surface area contributed by atoms with Crippen LogP contribution >= 0.6 is 23.2 Å². The van der Waals surface area contributed by atoms with Gasteiger partial charge < -0.3 is 14.4 Å². The number of carbonyl (C=O) groups is 2. The lowest BCUT2D eigenvalue weighted by Gasteiger charge is -2.44. The first-order valence-corrected chi connectivity index (χ1v) is 10.7. The Morgan fingerprint density at radius 3 is 2.63 bits per heavy atom. The van der Waals surface area contributed by atoms with Gasteiger partial charge in [-0.2, -0.15) is 0 Å². The van der Waals surface area contributed by atoms with E-state index in [0.717, 1.165) is 11.1 Å². The van der Waals surface area contributed by atoms with Gasteiger partial charge in [-0.1, -0.05) is 29.3 Å². The van der Waals surface area contributed by atoms with Gasteiger partial charge in [-0.25, -0.2) is 0 Å². The molecule has 0 N–H and O–H groups in total. The fraction of sp³-hybridized carbons (Fsp3) is 0.391. The highest BCUT2D eigenvalue weighted by Crippen LogP contribution is 2.41. The maximum absolute atomic E-state index is 12.8. The number of halogens is 2. The van der Waals surface area contributed by atoms with Crippen molar-refractivity contribution in [2.45, 2.75) is 38.7 Å². The zero-order valence-electron chi connectivity index (χ0n) is 17.0. The van der Waals surface area contributed by atoms with Gasteiger partial charge in [-0.05, 0) is 43.2 Å².